The van der Waals surface area contributed by atoms with Gasteiger partial charge in [-0.05, 0) is 29.3 Å². The van der Waals surface area contributed by atoms with E-state index in [0.29, 0.717) is 12.1 Å². The molecule has 3 rings (SSSR count). The van der Waals surface area contributed by atoms with Gasteiger partial charge in [0.2, 0.25) is 0 Å². The second kappa shape index (κ2) is 8.72. The molecule has 1 N–H and O–H groups in total. The van der Waals surface area contributed by atoms with E-state index < -0.39 is 31.8 Å². The largest absolute Gasteiger partial charge is 0.503 e. The zero-order valence-electron chi connectivity index (χ0n) is 15.8. The number of pyridine rings is 2. The van der Waals surface area contributed by atoms with Crippen molar-refractivity contribution in [3.8, 4) is 0 Å². The average Bonchev–Trinajstić information content (AvgIpc) is 2.74. The molecule has 2 heterocycles. The second-order valence-corrected chi connectivity index (χ2v) is 8.33. The van der Waals surface area contributed by atoms with Crippen molar-refractivity contribution in [3.63, 3.8) is 0 Å². The minimum absolute atomic E-state index is 0.0508. The van der Waals surface area contributed by atoms with E-state index >= 15 is 0 Å². The zero-order chi connectivity index (χ0) is 22.6. The third-order valence-corrected chi connectivity index (χ3v) is 5.75. The van der Waals surface area contributed by atoms with E-state index in [2.05, 4.69) is 10.3 Å². The number of alkyl halides is 3. The van der Waals surface area contributed by atoms with E-state index in [4.69, 9.17) is 0 Å². The molecule has 0 spiro atoms. The number of rotatable bonds is 6. The standard InChI is InChI=1S/C20H16F3N3O4S/c21-20(22,23)31(29,30)19-16(4-3-10-24-19)18(28)25-12-14-6-8-15(9-7-14)13-26-11-2-1-5-17(26)27/h1-11H,12-13H2,(H,25,28). The maximum absolute atomic E-state index is 12.9. The van der Waals surface area contributed by atoms with Crippen LogP contribution in [0.5, 0.6) is 0 Å². The molecule has 0 radical (unpaired) electrons. The number of halogens is 3. The molecule has 0 bridgehead atoms. The Labute approximate surface area is 175 Å². The molecule has 162 valence electrons. The maximum Gasteiger partial charge on any atom is 0.503 e. The Balaban J connectivity index is 1.71. The van der Waals surface area contributed by atoms with Gasteiger partial charge in [-0.25, -0.2) is 13.4 Å². The molecule has 3 aromatic rings. The van der Waals surface area contributed by atoms with Crippen molar-refractivity contribution in [1.29, 1.82) is 0 Å². The fourth-order valence-corrected chi connectivity index (χ4v) is 3.58. The minimum atomic E-state index is -5.77. The summed E-state index contributed by atoms with van der Waals surface area (Å²) < 4.78 is 63.4. The van der Waals surface area contributed by atoms with Crippen LogP contribution in [0.2, 0.25) is 0 Å². The molecule has 0 saturated carbocycles. The van der Waals surface area contributed by atoms with Crippen LogP contribution in [0, 0.1) is 0 Å². The number of nitrogens with zero attached hydrogens (tertiary/aromatic N) is 2. The van der Waals surface area contributed by atoms with Gasteiger partial charge in [-0.1, -0.05) is 30.3 Å². The molecule has 0 saturated heterocycles. The molecule has 1 amide bonds. The first-order valence-corrected chi connectivity index (χ1v) is 10.4. The van der Waals surface area contributed by atoms with Crippen molar-refractivity contribution in [1.82, 2.24) is 14.9 Å². The highest BCUT2D eigenvalue weighted by Crippen LogP contribution is 2.30. The third kappa shape index (κ3) is 5.00. The lowest BCUT2D eigenvalue weighted by molar-refractivity contribution is -0.0438. The number of carbonyl (C=O) groups excluding carboxylic acids is 1. The van der Waals surface area contributed by atoms with E-state index in [9.17, 15) is 31.2 Å². The van der Waals surface area contributed by atoms with E-state index in [1.54, 1.807) is 42.6 Å². The summed E-state index contributed by atoms with van der Waals surface area (Å²) in [6.45, 7) is 0.297. The van der Waals surface area contributed by atoms with E-state index in [0.717, 1.165) is 17.8 Å². The van der Waals surface area contributed by atoms with Gasteiger partial charge in [0.05, 0.1) is 12.1 Å². The zero-order valence-corrected chi connectivity index (χ0v) is 16.7. The third-order valence-electron chi connectivity index (χ3n) is 4.30. The molecule has 2 aromatic heterocycles. The monoisotopic (exact) mass is 451 g/mol. The van der Waals surface area contributed by atoms with Gasteiger partial charge in [0.1, 0.15) is 0 Å². The van der Waals surface area contributed by atoms with Gasteiger partial charge in [0, 0.05) is 25.0 Å². The Bertz CT molecular complexity index is 1250. The summed E-state index contributed by atoms with van der Waals surface area (Å²) in [5, 5.41) is 1.05. The molecule has 7 nitrogen and oxygen atoms in total. The number of nitrogens with one attached hydrogen (secondary N) is 1. The van der Waals surface area contributed by atoms with Crippen LogP contribution in [-0.4, -0.2) is 29.4 Å². The van der Waals surface area contributed by atoms with Gasteiger partial charge >= 0.3 is 5.51 Å². The summed E-state index contributed by atoms with van der Waals surface area (Å²) in [6, 6.07) is 13.8. The first kappa shape index (κ1) is 22.2. The van der Waals surface area contributed by atoms with E-state index in [-0.39, 0.29) is 12.1 Å². The molecular weight excluding hydrogens is 435 g/mol. The Morgan fingerprint density at radius 3 is 2.32 bits per heavy atom. The van der Waals surface area contributed by atoms with Gasteiger partial charge < -0.3 is 9.88 Å². The number of hydrogen-bond acceptors (Lipinski definition) is 5. The Morgan fingerprint density at radius 1 is 1.00 bits per heavy atom. The number of aromatic nitrogens is 2. The lowest BCUT2D eigenvalue weighted by Crippen LogP contribution is -2.30. The van der Waals surface area contributed by atoms with E-state index in [1.807, 2.05) is 0 Å². The molecule has 1 aromatic carbocycles. The summed E-state index contributed by atoms with van der Waals surface area (Å²) in [5.74, 6) is -1.00. The summed E-state index contributed by atoms with van der Waals surface area (Å²) in [7, 11) is -5.77. The summed E-state index contributed by atoms with van der Waals surface area (Å²) >= 11 is 0. The van der Waals surface area contributed by atoms with Gasteiger partial charge in [0.25, 0.3) is 21.3 Å². The first-order valence-electron chi connectivity index (χ1n) is 8.87. The lowest BCUT2D eigenvalue weighted by Gasteiger charge is -2.12. The fourth-order valence-electron chi connectivity index (χ4n) is 2.72. The van der Waals surface area contributed by atoms with Gasteiger partial charge in [0.15, 0.2) is 5.03 Å². The quantitative estimate of drug-likeness (QED) is 0.621. The van der Waals surface area contributed by atoms with Crippen LogP contribution in [0.15, 0.2) is 76.8 Å². The summed E-state index contributed by atoms with van der Waals surface area (Å²) in [4.78, 5) is 27.4. The van der Waals surface area contributed by atoms with Crippen LogP contribution >= 0.6 is 0 Å². The fraction of sp³-hybridized carbons (Fsp3) is 0.150. The number of benzene rings is 1. The van der Waals surface area contributed by atoms with Crippen LogP contribution < -0.4 is 10.9 Å². The lowest BCUT2D eigenvalue weighted by atomic mass is 10.1. The van der Waals surface area contributed by atoms with Crippen molar-refractivity contribution in [2.24, 2.45) is 0 Å². The molecule has 31 heavy (non-hydrogen) atoms. The van der Waals surface area contributed by atoms with Crippen LogP contribution in [0.4, 0.5) is 13.2 Å². The van der Waals surface area contributed by atoms with Crippen molar-refractivity contribution in [2.45, 2.75) is 23.6 Å². The highest BCUT2D eigenvalue weighted by molar-refractivity contribution is 7.92. The minimum Gasteiger partial charge on any atom is -0.348 e. The molecule has 0 fully saturated rings. The average molecular weight is 451 g/mol. The van der Waals surface area contributed by atoms with Crippen molar-refractivity contribution in [2.75, 3.05) is 0 Å². The predicted octanol–water partition coefficient (Wildman–Crippen LogP) is 2.52. The maximum atomic E-state index is 12.9. The van der Waals surface area contributed by atoms with Crippen LogP contribution in [-0.2, 0) is 22.9 Å². The predicted molar refractivity (Wildman–Crippen MR) is 105 cm³/mol. The van der Waals surface area contributed by atoms with Crippen LogP contribution in [0.3, 0.4) is 0 Å². The molecule has 0 atom stereocenters. The SMILES string of the molecule is O=C(NCc1ccc(Cn2ccccc2=O)cc1)c1cccnc1S(=O)(=O)C(F)(F)F. The second-order valence-electron chi connectivity index (χ2n) is 6.47. The topological polar surface area (TPSA) is 98.1 Å². The number of hydrogen-bond donors (Lipinski definition) is 1. The normalized spacial score (nSPS) is 11.8. The van der Waals surface area contributed by atoms with Gasteiger partial charge in [-0.3, -0.25) is 9.59 Å². The Morgan fingerprint density at radius 2 is 1.68 bits per heavy atom. The van der Waals surface area contributed by atoms with Crippen LogP contribution in [0.1, 0.15) is 21.5 Å². The van der Waals surface area contributed by atoms with Gasteiger partial charge in [-0.15, -0.1) is 0 Å². The molecule has 0 unspecified atom stereocenters. The van der Waals surface area contributed by atoms with Gasteiger partial charge in [-0.2, -0.15) is 13.2 Å². The summed E-state index contributed by atoms with van der Waals surface area (Å²) in [6.07, 6.45) is 2.52. The van der Waals surface area contributed by atoms with E-state index in [1.165, 1.54) is 16.7 Å². The Kier molecular flexibility index (Phi) is 6.25. The smallest absolute Gasteiger partial charge is 0.348 e. The molecule has 0 aliphatic rings. The summed E-state index contributed by atoms with van der Waals surface area (Å²) in [5.41, 5.74) is -4.97. The molecule has 0 aliphatic carbocycles. The molecule has 11 heteroatoms. The molecular formula is C20H16F3N3O4S. The van der Waals surface area contributed by atoms with Crippen molar-refractivity contribution >= 4 is 15.7 Å². The Hall–Kier alpha value is -3.47. The highest BCUT2D eigenvalue weighted by Gasteiger charge is 2.49. The number of carbonyl (C=O) groups is 1. The highest BCUT2D eigenvalue weighted by atomic mass is 32.2. The van der Waals surface area contributed by atoms with Crippen molar-refractivity contribution < 1.29 is 26.4 Å². The molecule has 0 aliphatic heterocycles. The van der Waals surface area contributed by atoms with Crippen LogP contribution in [0.25, 0.3) is 0 Å². The first-order chi connectivity index (χ1) is 14.6. The van der Waals surface area contributed by atoms with Crippen molar-refractivity contribution in [3.05, 3.63) is 94.0 Å². The number of amides is 1. The number of sulfone groups is 1.